The molecule has 0 saturated heterocycles. The third kappa shape index (κ3) is 2.24. The van der Waals surface area contributed by atoms with Crippen LogP contribution in [0.25, 0.3) is 5.69 Å². The van der Waals surface area contributed by atoms with Gasteiger partial charge >= 0.3 is 0 Å². The van der Waals surface area contributed by atoms with E-state index < -0.39 is 0 Å². The fraction of sp³-hybridized carbons (Fsp3) is 0.133. The lowest BCUT2D eigenvalue weighted by Crippen LogP contribution is -2.20. The van der Waals surface area contributed by atoms with Gasteiger partial charge in [-0.1, -0.05) is 18.2 Å². The van der Waals surface area contributed by atoms with Crippen LogP contribution in [-0.4, -0.2) is 16.8 Å². The van der Waals surface area contributed by atoms with Gasteiger partial charge in [-0.15, -0.1) is 0 Å². The van der Waals surface area contributed by atoms with E-state index in [9.17, 15) is 0 Å². The molecule has 0 saturated carbocycles. The highest BCUT2D eigenvalue weighted by Gasteiger charge is 2.21. The van der Waals surface area contributed by atoms with Gasteiger partial charge in [-0.2, -0.15) is 5.10 Å². The number of halogens is 1. The van der Waals surface area contributed by atoms with Gasteiger partial charge < -0.3 is 9.73 Å². The van der Waals surface area contributed by atoms with Crippen molar-refractivity contribution in [1.29, 1.82) is 0 Å². The summed E-state index contributed by atoms with van der Waals surface area (Å²) in [6.45, 7) is 0. The molecule has 2 aromatic heterocycles. The van der Waals surface area contributed by atoms with Crippen LogP contribution in [0.1, 0.15) is 17.3 Å². The second-order valence-electron chi connectivity index (χ2n) is 4.37. The first-order valence-corrected chi connectivity index (χ1v) is 6.68. The predicted molar refractivity (Wildman–Crippen MR) is 78.2 cm³/mol. The first-order chi connectivity index (χ1) is 9.81. The van der Waals surface area contributed by atoms with Crippen molar-refractivity contribution in [2.45, 2.75) is 6.04 Å². The van der Waals surface area contributed by atoms with E-state index in [1.807, 2.05) is 54.2 Å². The third-order valence-corrected chi connectivity index (χ3v) is 3.52. The minimum absolute atomic E-state index is 0.0797. The zero-order valence-corrected chi connectivity index (χ0v) is 11.7. The number of benzene rings is 1. The smallest absolute Gasteiger partial charge is 0.198 e. The SMILES string of the molecule is CNC(c1ccoc1Cl)c1ccnn1-c1ccccc1. The maximum atomic E-state index is 6.09. The molecule has 3 aromatic rings. The molecule has 1 atom stereocenters. The number of nitrogens with zero attached hydrogens (tertiary/aromatic N) is 2. The standard InChI is InChI=1S/C15H14ClN3O/c1-17-14(12-8-10-20-15(12)16)13-7-9-18-19(13)11-5-3-2-4-6-11/h2-10,14,17H,1H3. The second kappa shape index (κ2) is 5.53. The Bertz CT molecular complexity index is 690. The van der Waals surface area contributed by atoms with Crippen molar-refractivity contribution in [2.24, 2.45) is 0 Å². The van der Waals surface area contributed by atoms with Gasteiger partial charge in [0, 0.05) is 11.8 Å². The molecule has 0 spiro atoms. The van der Waals surface area contributed by atoms with Crippen molar-refractivity contribution in [3.63, 3.8) is 0 Å². The van der Waals surface area contributed by atoms with Crippen molar-refractivity contribution in [3.8, 4) is 5.69 Å². The van der Waals surface area contributed by atoms with Gasteiger partial charge in [0.15, 0.2) is 5.22 Å². The molecular weight excluding hydrogens is 274 g/mol. The zero-order chi connectivity index (χ0) is 13.9. The largest absolute Gasteiger partial charge is 0.453 e. The molecule has 0 fully saturated rings. The molecule has 2 heterocycles. The van der Waals surface area contributed by atoms with Gasteiger partial charge in [0.2, 0.25) is 0 Å². The molecule has 20 heavy (non-hydrogen) atoms. The van der Waals surface area contributed by atoms with E-state index in [0.717, 1.165) is 16.9 Å². The maximum Gasteiger partial charge on any atom is 0.198 e. The minimum Gasteiger partial charge on any atom is -0.453 e. The summed E-state index contributed by atoms with van der Waals surface area (Å²) < 4.78 is 7.08. The second-order valence-corrected chi connectivity index (χ2v) is 4.72. The topological polar surface area (TPSA) is 43.0 Å². The van der Waals surface area contributed by atoms with Crippen LogP contribution in [0.15, 0.2) is 59.3 Å². The number of para-hydroxylation sites is 1. The van der Waals surface area contributed by atoms with Crippen LogP contribution in [0.5, 0.6) is 0 Å². The Morgan fingerprint density at radius 3 is 2.65 bits per heavy atom. The number of furan rings is 1. The highest BCUT2D eigenvalue weighted by atomic mass is 35.5. The Hall–Kier alpha value is -2.04. The molecule has 1 unspecified atom stereocenters. The first-order valence-electron chi connectivity index (χ1n) is 6.30. The molecule has 0 aliphatic rings. The lowest BCUT2D eigenvalue weighted by Gasteiger charge is -2.17. The number of hydrogen-bond acceptors (Lipinski definition) is 3. The molecule has 0 aliphatic carbocycles. The molecule has 5 heteroatoms. The van der Waals surface area contributed by atoms with Gasteiger partial charge in [0.25, 0.3) is 0 Å². The van der Waals surface area contributed by atoms with Crippen molar-refractivity contribution in [3.05, 3.63) is 71.4 Å². The van der Waals surface area contributed by atoms with Gasteiger partial charge in [-0.3, -0.25) is 0 Å². The highest BCUT2D eigenvalue weighted by molar-refractivity contribution is 6.29. The Labute approximate surface area is 122 Å². The summed E-state index contributed by atoms with van der Waals surface area (Å²) in [5, 5.41) is 8.04. The fourth-order valence-electron chi connectivity index (χ4n) is 2.29. The van der Waals surface area contributed by atoms with Gasteiger partial charge in [0.1, 0.15) is 0 Å². The maximum absolute atomic E-state index is 6.09. The average molecular weight is 288 g/mol. The van der Waals surface area contributed by atoms with E-state index in [4.69, 9.17) is 16.0 Å². The Balaban J connectivity index is 2.07. The molecule has 102 valence electrons. The summed E-state index contributed by atoms with van der Waals surface area (Å²) in [5.74, 6) is 0. The highest BCUT2D eigenvalue weighted by Crippen LogP contribution is 2.29. The summed E-state index contributed by atoms with van der Waals surface area (Å²) in [6.07, 6.45) is 3.37. The van der Waals surface area contributed by atoms with Crippen LogP contribution >= 0.6 is 11.6 Å². The number of rotatable bonds is 4. The van der Waals surface area contributed by atoms with Crippen LogP contribution in [0.4, 0.5) is 0 Å². The van der Waals surface area contributed by atoms with Gasteiger partial charge in [-0.25, -0.2) is 4.68 Å². The minimum atomic E-state index is -0.0797. The number of nitrogens with one attached hydrogen (secondary N) is 1. The molecule has 1 N–H and O–H groups in total. The van der Waals surface area contributed by atoms with E-state index in [-0.39, 0.29) is 6.04 Å². The summed E-state index contributed by atoms with van der Waals surface area (Å²) in [6, 6.07) is 13.7. The van der Waals surface area contributed by atoms with E-state index in [1.54, 1.807) is 12.5 Å². The first kappa shape index (κ1) is 13.0. The van der Waals surface area contributed by atoms with Crippen LogP contribution in [0.2, 0.25) is 5.22 Å². The lowest BCUT2D eigenvalue weighted by atomic mass is 10.1. The van der Waals surface area contributed by atoms with E-state index in [1.165, 1.54) is 0 Å². The van der Waals surface area contributed by atoms with Crippen LogP contribution < -0.4 is 5.32 Å². The summed E-state index contributed by atoms with van der Waals surface area (Å²) in [5.41, 5.74) is 2.90. The quantitative estimate of drug-likeness (QED) is 0.799. The van der Waals surface area contributed by atoms with Crippen molar-refractivity contribution in [1.82, 2.24) is 15.1 Å². The molecule has 1 aromatic carbocycles. The molecule has 0 aliphatic heterocycles. The van der Waals surface area contributed by atoms with E-state index in [0.29, 0.717) is 5.22 Å². The van der Waals surface area contributed by atoms with Crippen molar-refractivity contribution >= 4 is 11.6 Å². The zero-order valence-electron chi connectivity index (χ0n) is 11.0. The summed E-state index contributed by atoms with van der Waals surface area (Å²) in [4.78, 5) is 0. The summed E-state index contributed by atoms with van der Waals surface area (Å²) >= 11 is 6.09. The Kier molecular flexibility index (Phi) is 3.58. The van der Waals surface area contributed by atoms with Crippen molar-refractivity contribution < 1.29 is 4.42 Å². The van der Waals surface area contributed by atoms with Gasteiger partial charge in [-0.05, 0) is 42.9 Å². The number of aromatic nitrogens is 2. The monoisotopic (exact) mass is 287 g/mol. The molecular formula is C15H14ClN3O. The Morgan fingerprint density at radius 2 is 2.00 bits per heavy atom. The molecule has 0 amide bonds. The molecule has 4 nitrogen and oxygen atoms in total. The third-order valence-electron chi connectivity index (χ3n) is 3.21. The van der Waals surface area contributed by atoms with Crippen LogP contribution in [-0.2, 0) is 0 Å². The van der Waals surface area contributed by atoms with Crippen molar-refractivity contribution in [2.75, 3.05) is 7.05 Å². The normalized spacial score (nSPS) is 12.5. The Morgan fingerprint density at radius 1 is 1.20 bits per heavy atom. The fourth-order valence-corrected chi connectivity index (χ4v) is 2.51. The van der Waals surface area contributed by atoms with E-state index >= 15 is 0 Å². The molecule has 0 bridgehead atoms. The van der Waals surface area contributed by atoms with Gasteiger partial charge in [0.05, 0.1) is 23.7 Å². The number of hydrogen-bond donors (Lipinski definition) is 1. The van der Waals surface area contributed by atoms with Crippen LogP contribution in [0, 0.1) is 0 Å². The predicted octanol–water partition coefficient (Wildman–Crippen LogP) is 3.43. The molecule has 0 radical (unpaired) electrons. The lowest BCUT2D eigenvalue weighted by molar-refractivity contribution is 0.556. The van der Waals surface area contributed by atoms with Crippen LogP contribution in [0.3, 0.4) is 0 Å². The van der Waals surface area contributed by atoms with E-state index in [2.05, 4.69) is 10.4 Å². The summed E-state index contributed by atoms with van der Waals surface area (Å²) in [7, 11) is 1.89. The average Bonchev–Trinajstić information content (AvgIpc) is 3.11. The molecule has 3 rings (SSSR count).